The zero-order valence-electron chi connectivity index (χ0n) is 17.2. The molecule has 1 aliphatic rings. The van der Waals surface area contributed by atoms with E-state index in [1.165, 1.54) is 17.4 Å². The summed E-state index contributed by atoms with van der Waals surface area (Å²) >= 11 is 1.36. The van der Waals surface area contributed by atoms with Crippen LogP contribution < -0.4 is 5.32 Å². The van der Waals surface area contributed by atoms with Gasteiger partial charge in [-0.1, -0.05) is 0 Å². The molecule has 1 aliphatic carbocycles. The Labute approximate surface area is 186 Å². The summed E-state index contributed by atoms with van der Waals surface area (Å²) in [6.07, 6.45) is 8.20. The number of pyridine rings is 1. The summed E-state index contributed by atoms with van der Waals surface area (Å²) < 4.78 is 20.8. The molecule has 4 aromatic heterocycles. The first kappa shape index (κ1) is 20.5. The minimum absolute atomic E-state index is 0.170. The van der Waals surface area contributed by atoms with Gasteiger partial charge in [-0.3, -0.25) is 19.6 Å². The molecule has 0 aliphatic heterocycles. The number of thiazole rings is 1. The van der Waals surface area contributed by atoms with Crippen LogP contribution in [0.1, 0.15) is 36.3 Å². The van der Waals surface area contributed by atoms with Crippen molar-refractivity contribution in [1.82, 2.24) is 29.9 Å². The molecule has 9 nitrogen and oxygen atoms in total. The van der Waals surface area contributed by atoms with E-state index in [1.807, 2.05) is 11.6 Å². The van der Waals surface area contributed by atoms with Gasteiger partial charge in [-0.2, -0.15) is 10.2 Å². The van der Waals surface area contributed by atoms with E-state index in [0.29, 0.717) is 28.7 Å². The van der Waals surface area contributed by atoms with Crippen LogP contribution in [0.25, 0.3) is 22.0 Å². The van der Waals surface area contributed by atoms with Gasteiger partial charge in [0, 0.05) is 29.9 Å². The van der Waals surface area contributed by atoms with Gasteiger partial charge in [0.2, 0.25) is 0 Å². The number of hydrogen-bond donors (Lipinski definition) is 2. The number of anilines is 1. The van der Waals surface area contributed by atoms with Crippen molar-refractivity contribution >= 4 is 22.9 Å². The fraction of sp³-hybridized carbons (Fsp3) is 0.286. The topological polar surface area (TPSA) is 111 Å². The van der Waals surface area contributed by atoms with Gasteiger partial charge in [0.1, 0.15) is 22.2 Å². The largest absolute Gasteiger partial charge is 0.378 e. The van der Waals surface area contributed by atoms with E-state index in [0.717, 1.165) is 24.6 Å². The van der Waals surface area contributed by atoms with E-state index in [2.05, 4.69) is 30.6 Å². The second kappa shape index (κ2) is 8.60. The molecular weight excluding hydrogens is 433 g/mol. The van der Waals surface area contributed by atoms with Gasteiger partial charge >= 0.3 is 0 Å². The van der Waals surface area contributed by atoms with Crippen molar-refractivity contribution in [3.8, 4) is 22.0 Å². The average molecular weight is 454 g/mol. The molecular formula is C21H20FN7O2S. The molecule has 32 heavy (non-hydrogen) atoms. The van der Waals surface area contributed by atoms with Gasteiger partial charge < -0.3 is 10.1 Å². The monoisotopic (exact) mass is 453 g/mol. The molecule has 0 spiro atoms. The summed E-state index contributed by atoms with van der Waals surface area (Å²) in [5, 5.41) is 16.6. The van der Waals surface area contributed by atoms with Crippen molar-refractivity contribution in [2.24, 2.45) is 0 Å². The Morgan fingerprint density at radius 3 is 2.97 bits per heavy atom. The smallest absolute Gasteiger partial charge is 0.275 e. The predicted molar refractivity (Wildman–Crippen MR) is 117 cm³/mol. The second-order valence-electron chi connectivity index (χ2n) is 7.41. The maximum absolute atomic E-state index is 13.4. The Bertz CT molecular complexity index is 1210. The molecule has 1 amide bonds. The summed E-state index contributed by atoms with van der Waals surface area (Å²) in [6, 6.07) is 3.03. The van der Waals surface area contributed by atoms with E-state index in [9.17, 15) is 9.18 Å². The van der Waals surface area contributed by atoms with Crippen molar-refractivity contribution < 1.29 is 13.9 Å². The number of nitrogens with zero attached hydrogens (tertiary/aromatic N) is 5. The summed E-state index contributed by atoms with van der Waals surface area (Å²) in [6.45, 7) is 2.65. The molecule has 11 heteroatoms. The van der Waals surface area contributed by atoms with Crippen molar-refractivity contribution in [2.45, 2.75) is 31.9 Å². The van der Waals surface area contributed by atoms with Crippen LogP contribution >= 0.6 is 11.3 Å². The maximum Gasteiger partial charge on any atom is 0.275 e. The SMILES string of the molecule is CCO[C@H]1C[C@@H](n2cc(NC(=O)c3csc(-c4cn[nH]c4)n3)c(-c3ccc(F)cn3)n2)C1. The molecule has 0 radical (unpaired) electrons. The number of ether oxygens (including phenoxy) is 1. The number of H-pyrrole nitrogens is 1. The van der Waals surface area contributed by atoms with Gasteiger partial charge in [-0.15, -0.1) is 11.3 Å². The number of halogens is 1. The van der Waals surface area contributed by atoms with E-state index in [-0.39, 0.29) is 23.7 Å². The molecule has 1 fully saturated rings. The molecule has 0 aromatic carbocycles. The summed E-state index contributed by atoms with van der Waals surface area (Å²) in [4.78, 5) is 21.4. The molecule has 5 rings (SSSR count). The molecule has 164 valence electrons. The van der Waals surface area contributed by atoms with Crippen LogP contribution in [-0.2, 0) is 4.74 Å². The average Bonchev–Trinajstić information content (AvgIpc) is 3.51. The molecule has 0 atom stereocenters. The van der Waals surface area contributed by atoms with Crippen molar-refractivity contribution in [3.63, 3.8) is 0 Å². The highest BCUT2D eigenvalue weighted by Gasteiger charge is 2.32. The molecule has 0 saturated heterocycles. The van der Waals surface area contributed by atoms with Crippen LogP contribution in [0, 0.1) is 5.82 Å². The minimum Gasteiger partial charge on any atom is -0.378 e. The van der Waals surface area contributed by atoms with Crippen LogP contribution in [0.2, 0.25) is 0 Å². The van der Waals surface area contributed by atoms with E-state index >= 15 is 0 Å². The van der Waals surface area contributed by atoms with Crippen molar-refractivity contribution in [2.75, 3.05) is 11.9 Å². The minimum atomic E-state index is -0.438. The van der Waals surface area contributed by atoms with Crippen LogP contribution in [0.15, 0.2) is 42.3 Å². The Hall–Kier alpha value is -3.44. The van der Waals surface area contributed by atoms with Gasteiger partial charge in [0.15, 0.2) is 0 Å². The normalized spacial score (nSPS) is 17.8. The third-order valence-electron chi connectivity index (χ3n) is 5.28. The lowest BCUT2D eigenvalue weighted by Crippen LogP contribution is -2.33. The molecule has 0 unspecified atom stereocenters. The third-order valence-corrected chi connectivity index (χ3v) is 6.17. The van der Waals surface area contributed by atoms with Crippen LogP contribution in [-0.4, -0.2) is 48.6 Å². The zero-order chi connectivity index (χ0) is 22.1. The number of carbonyl (C=O) groups excluding carboxylic acids is 1. The molecule has 2 N–H and O–H groups in total. The van der Waals surface area contributed by atoms with Crippen molar-refractivity contribution in [3.05, 3.63) is 53.8 Å². The first-order valence-electron chi connectivity index (χ1n) is 10.2. The summed E-state index contributed by atoms with van der Waals surface area (Å²) in [5.41, 5.74) is 2.54. The number of hydrogen-bond acceptors (Lipinski definition) is 7. The zero-order valence-corrected chi connectivity index (χ0v) is 18.0. The fourth-order valence-corrected chi connectivity index (χ4v) is 4.35. The molecule has 1 saturated carbocycles. The van der Waals surface area contributed by atoms with Crippen LogP contribution in [0.4, 0.5) is 10.1 Å². The number of amides is 1. The predicted octanol–water partition coefficient (Wildman–Crippen LogP) is 3.92. The van der Waals surface area contributed by atoms with E-state index in [4.69, 9.17) is 4.74 Å². The van der Waals surface area contributed by atoms with E-state index in [1.54, 1.807) is 30.0 Å². The van der Waals surface area contributed by atoms with Gasteiger partial charge in [-0.05, 0) is 31.9 Å². The molecule has 4 heterocycles. The molecule has 4 aromatic rings. The van der Waals surface area contributed by atoms with E-state index < -0.39 is 5.82 Å². The highest BCUT2D eigenvalue weighted by Crippen LogP contribution is 2.37. The standard InChI is InChI=1S/C21H20FN7O2S/c1-2-31-15-5-14(6-15)29-10-17(19(28-29)16-4-3-13(22)9-23-16)26-20(30)18-11-32-21(27-18)12-7-24-25-8-12/h3-4,7-11,14-15H,2,5-6H2,1H3,(H,24,25)(H,26,30)/t14-,15+. The first-order chi connectivity index (χ1) is 15.6. The summed E-state index contributed by atoms with van der Waals surface area (Å²) in [5.74, 6) is -0.800. The number of aromatic amines is 1. The highest BCUT2D eigenvalue weighted by atomic mass is 32.1. The number of carbonyl (C=O) groups is 1. The quantitative estimate of drug-likeness (QED) is 0.439. The van der Waals surface area contributed by atoms with Gasteiger partial charge in [0.25, 0.3) is 5.91 Å². The lowest BCUT2D eigenvalue weighted by Gasteiger charge is -2.34. The number of aromatic nitrogens is 6. The second-order valence-corrected chi connectivity index (χ2v) is 8.27. The fourth-order valence-electron chi connectivity index (χ4n) is 3.57. The highest BCUT2D eigenvalue weighted by molar-refractivity contribution is 7.13. The van der Waals surface area contributed by atoms with Gasteiger partial charge in [0.05, 0.1) is 35.9 Å². The number of rotatable bonds is 7. The van der Waals surface area contributed by atoms with Crippen LogP contribution in [0.5, 0.6) is 0 Å². The Balaban J connectivity index is 1.40. The van der Waals surface area contributed by atoms with Crippen LogP contribution in [0.3, 0.4) is 0 Å². The Morgan fingerprint density at radius 1 is 1.38 bits per heavy atom. The Kier molecular flexibility index (Phi) is 5.50. The Morgan fingerprint density at radius 2 is 2.25 bits per heavy atom. The summed E-state index contributed by atoms with van der Waals surface area (Å²) in [7, 11) is 0. The lowest BCUT2D eigenvalue weighted by molar-refractivity contribution is -0.0226. The molecule has 0 bridgehead atoms. The third kappa shape index (κ3) is 4.04. The number of nitrogens with one attached hydrogen (secondary N) is 2. The lowest BCUT2D eigenvalue weighted by atomic mass is 9.89. The van der Waals surface area contributed by atoms with Crippen molar-refractivity contribution in [1.29, 1.82) is 0 Å². The van der Waals surface area contributed by atoms with Gasteiger partial charge in [-0.25, -0.2) is 9.37 Å². The maximum atomic E-state index is 13.4. The first-order valence-corrected chi connectivity index (χ1v) is 11.1.